The zero-order valence-corrected chi connectivity index (χ0v) is 50.6. The predicted octanol–water partition coefficient (Wildman–Crippen LogP) is 8.97. The van der Waals surface area contributed by atoms with E-state index in [4.69, 9.17) is 4.74 Å². The number of imidazole rings is 1. The first-order valence-electron chi connectivity index (χ1n) is 23.7. The van der Waals surface area contributed by atoms with Crippen LogP contribution >= 0.6 is 23.1 Å². The summed E-state index contributed by atoms with van der Waals surface area (Å²) in [6, 6.07) is 11.4. The Kier molecular flexibility index (Phi) is 17.9. The molecule has 1 amide bonds. The van der Waals surface area contributed by atoms with E-state index >= 15 is 0 Å². The second-order valence-electron chi connectivity index (χ2n) is 18.3. The molecule has 0 fully saturated rings. The van der Waals surface area contributed by atoms with Crippen LogP contribution in [0, 0.1) is 32.1 Å². The van der Waals surface area contributed by atoms with Gasteiger partial charge in [-0.3, -0.25) is 36.5 Å². The van der Waals surface area contributed by atoms with Gasteiger partial charge in [0.2, 0.25) is 16.9 Å². The Morgan fingerprint density at radius 1 is 0.674 bits per heavy atom. The normalized spacial score (nSPS) is 13.1. The molecule has 8 rings (SSSR count). The number of carbonyl (C=O) groups is 1. The average molecular weight is 1340 g/mol. The number of thioether (sulfide) groups is 1. The maximum atomic E-state index is 12.7. The molecule has 5 aromatic carbocycles. The van der Waals surface area contributed by atoms with Crippen molar-refractivity contribution in [3.63, 3.8) is 0 Å². The number of nitriles is 1. The van der Waals surface area contributed by atoms with Crippen molar-refractivity contribution in [3.05, 3.63) is 76.9 Å². The summed E-state index contributed by atoms with van der Waals surface area (Å²) in [5, 5.41) is 48.8. The van der Waals surface area contributed by atoms with Gasteiger partial charge in [0, 0.05) is 39.9 Å². The lowest BCUT2D eigenvalue weighted by atomic mass is 10.1. The molecule has 0 bridgehead atoms. The van der Waals surface area contributed by atoms with Gasteiger partial charge in [-0.05, 0) is 99.0 Å². The molecule has 454 valence electrons. The molecule has 0 saturated carbocycles. The Labute approximate surface area is 494 Å². The third-order valence-corrected chi connectivity index (χ3v) is 19.2. The molecule has 0 spiro atoms. The number of hydrogen-bond acceptors (Lipinski definition) is 26. The first-order chi connectivity index (χ1) is 39.8. The van der Waals surface area contributed by atoms with Crippen LogP contribution in [0.1, 0.15) is 42.0 Å². The molecular formula is C46H41N11O21S8. The van der Waals surface area contributed by atoms with Gasteiger partial charge < -0.3 is 15.2 Å². The van der Waals surface area contributed by atoms with E-state index in [1.54, 1.807) is 13.8 Å². The molecule has 0 radical (unpaired) electrons. The Hall–Kier alpha value is -7.63. The molecule has 8 aromatic rings. The number of hydrogen-bond donors (Lipinski definition) is 8. The molecular weight excluding hydrogens is 1300 g/mol. The summed E-state index contributed by atoms with van der Waals surface area (Å²) in [6.07, 6.45) is -0.338. The molecule has 0 aliphatic heterocycles. The number of aromatic nitrogens is 3. The van der Waals surface area contributed by atoms with Gasteiger partial charge in [-0.15, -0.1) is 37.3 Å². The fourth-order valence-electron chi connectivity index (χ4n) is 8.31. The number of aryl methyl sites for hydroxylation is 2. The Morgan fingerprint density at radius 2 is 1.27 bits per heavy atom. The van der Waals surface area contributed by atoms with Crippen LogP contribution in [0.4, 0.5) is 39.3 Å². The van der Waals surface area contributed by atoms with Gasteiger partial charge in [-0.25, -0.2) is 9.97 Å². The van der Waals surface area contributed by atoms with Crippen LogP contribution in [-0.2, 0) is 65.5 Å². The van der Waals surface area contributed by atoms with E-state index in [0.717, 1.165) is 35.2 Å². The molecule has 0 saturated heterocycles. The SMILES string of the molecule is CC(=O)Nc1cc(S(=O)(=O)O)c2c(c1)nc1c(C#N)c(C)c(N=Nc3cc(C)c(N=Nc4cc(C)c(N=Nc5nc6c(S(=O)(=O)O)cc7c(S(=O)(=O)O)cc(S(=O)(=O)O)cc7c6s5)cc4SCCCS(=O)(=O)O)cc3OCCCS(=O)(=O)O)c(O)n12. The van der Waals surface area contributed by atoms with E-state index in [2.05, 4.69) is 46.0 Å². The molecule has 0 unspecified atom stereocenters. The minimum Gasteiger partial charge on any atom is -0.493 e. The number of aromatic hydroxyl groups is 1. The maximum Gasteiger partial charge on any atom is 0.296 e. The van der Waals surface area contributed by atoms with E-state index in [1.165, 1.54) is 37.3 Å². The van der Waals surface area contributed by atoms with Gasteiger partial charge in [-0.2, -0.15) is 60.9 Å². The largest absolute Gasteiger partial charge is 0.493 e. The molecule has 86 heavy (non-hydrogen) atoms. The lowest BCUT2D eigenvalue weighted by Gasteiger charge is -2.12. The van der Waals surface area contributed by atoms with E-state index in [-0.39, 0.29) is 102 Å². The van der Waals surface area contributed by atoms with Crippen molar-refractivity contribution in [1.82, 2.24) is 14.4 Å². The topological polar surface area (TPSA) is 513 Å². The number of nitrogens with zero attached hydrogens (tertiary/aromatic N) is 10. The number of fused-ring (bicyclic) bond motifs is 6. The lowest BCUT2D eigenvalue weighted by Crippen LogP contribution is -2.08. The van der Waals surface area contributed by atoms with Crippen molar-refractivity contribution in [3.8, 4) is 17.7 Å². The number of rotatable bonds is 21. The van der Waals surface area contributed by atoms with Crippen LogP contribution in [0.15, 0.2) is 110 Å². The highest BCUT2D eigenvalue weighted by Crippen LogP contribution is 2.45. The average Bonchev–Trinajstić information content (AvgIpc) is 1.49. The second kappa shape index (κ2) is 23.9. The minimum atomic E-state index is -5.32. The summed E-state index contributed by atoms with van der Waals surface area (Å²) in [5.74, 6) is -2.89. The second-order valence-corrected chi connectivity index (χ2v) is 29.2. The highest BCUT2D eigenvalue weighted by Gasteiger charge is 2.29. The van der Waals surface area contributed by atoms with Crippen LogP contribution < -0.4 is 10.1 Å². The lowest BCUT2D eigenvalue weighted by molar-refractivity contribution is -0.114. The van der Waals surface area contributed by atoms with Gasteiger partial charge in [0.05, 0.1) is 55.8 Å². The molecule has 0 aliphatic rings. The Morgan fingerprint density at radius 3 is 1.87 bits per heavy atom. The molecule has 8 N–H and O–H groups in total. The summed E-state index contributed by atoms with van der Waals surface area (Å²) in [7, 11) is -29.7. The fourth-order valence-corrected chi connectivity index (χ4v) is 14.1. The zero-order valence-electron chi connectivity index (χ0n) is 44.0. The summed E-state index contributed by atoms with van der Waals surface area (Å²) >= 11 is 1.55. The fraction of sp³-hybridized carbons (Fsp3) is 0.217. The quantitative estimate of drug-likeness (QED) is 0.0144. The number of nitrogens with one attached hydrogen (secondary N) is 1. The van der Waals surface area contributed by atoms with Crippen LogP contribution in [0.5, 0.6) is 11.6 Å². The van der Waals surface area contributed by atoms with Crippen molar-refractivity contribution in [2.24, 2.45) is 30.7 Å². The van der Waals surface area contributed by atoms with E-state index in [9.17, 15) is 93.0 Å². The zero-order chi connectivity index (χ0) is 63.4. The number of ether oxygens (including phenoxy) is 1. The number of pyridine rings is 1. The van der Waals surface area contributed by atoms with E-state index in [0.29, 0.717) is 34.6 Å². The minimum absolute atomic E-state index is 0.0164. The highest BCUT2D eigenvalue weighted by molar-refractivity contribution is 7.99. The summed E-state index contributed by atoms with van der Waals surface area (Å²) in [5.41, 5.74) is -1.37. The summed E-state index contributed by atoms with van der Waals surface area (Å²) in [6.45, 7) is 5.24. The van der Waals surface area contributed by atoms with Crippen molar-refractivity contribution in [2.45, 2.75) is 65.0 Å². The van der Waals surface area contributed by atoms with Crippen LogP contribution in [0.25, 0.3) is 37.7 Å². The predicted molar refractivity (Wildman–Crippen MR) is 308 cm³/mol. The van der Waals surface area contributed by atoms with Crippen molar-refractivity contribution >= 4 is 167 Å². The maximum absolute atomic E-state index is 12.7. The van der Waals surface area contributed by atoms with Gasteiger partial charge in [-0.1, -0.05) is 11.3 Å². The van der Waals surface area contributed by atoms with E-state index in [1.807, 2.05) is 6.07 Å². The number of amides is 1. The number of benzene rings is 5. The number of azo groups is 3. The van der Waals surface area contributed by atoms with Crippen LogP contribution in [-0.4, -0.2) is 127 Å². The summed E-state index contributed by atoms with van der Waals surface area (Å²) < 4.78 is 212. The number of anilines is 1. The standard InChI is InChI=1S/C46H41N11O21S8/c1-21-11-32(53-55-40-23(3)29(20-47)44-49-34-13-25(48-24(4)58)14-39(86(75,76)77)42(34)57(44)45(40)59)35(78-7-5-9-81(60,61)62)18-30(21)51-54-33-12-22(2)31(19-36(33)79-8-6-10-82(63,64)65)52-56-46-50-41-38(85(72,73)74)17-27-28(43(41)80-46)15-26(83(66,67)68)16-37(27)84(69,70)71/h11-19,59H,5-10H2,1-4H3,(H,48,58)(H,60,61,62)(H,63,64,65)(H,66,67,68)(H,69,70,71)(H,72,73,74)(H,75,76,77). The smallest absolute Gasteiger partial charge is 0.296 e. The Balaban J connectivity index is 1.21. The third kappa shape index (κ3) is 14.4. The van der Waals surface area contributed by atoms with Gasteiger partial charge in [0.25, 0.3) is 60.7 Å². The van der Waals surface area contributed by atoms with Crippen molar-refractivity contribution < 1.29 is 92.5 Å². The van der Waals surface area contributed by atoms with Crippen molar-refractivity contribution in [2.75, 3.05) is 29.2 Å². The van der Waals surface area contributed by atoms with Gasteiger partial charge in [0.15, 0.2) is 11.3 Å². The molecule has 0 aliphatic carbocycles. The highest BCUT2D eigenvalue weighted by atomic mass is 32.2. The first kappa shape index (κ1) is 64.4. The van der Waals surface area contributed by atoms with Crippen molar-refractivity contribution in [1.29, 1.82) is 5.26 Å². The molecule has 3 heterocycles. The van der Waals surface area contributed by atoms with Crippen LogP contribution in [0.2, 0.25) is 0 Å². The number of thiazole rings is 1. The van der Waals surface area contributed by atoms with E-state index < -0.39 is 126 Å². The monoisotopic (exact) mass is 1340 g/mol. The number of carbonyl (C=O) groups excluding carboxylic acids is 1. The molecule has 32 nitrogen and oxygen atoms in total. The third-order valence-electron chi connectivity index (χ3n) is 12.1. The van der Waals surface area contributed by atoms with Crippen LogP contribution in [0.3, 0.4) is 0 Å². The molecule has 0 atom stereocenters. The molecule has 3 aromatic heterocycles. The first-order valence-corrected chi connectivity index (χ1v) is 34.5. The summed E-state index contributed by atoms with van der Waals surface area (Å²) in [4.78, 5) is 16.6. The molecule has 40 heteroatoms. The van der Waals surface area contributed by atoms with Gasteiger partial charge >= 0.3 is 0 Å². The van der Waals surface area contributed by atoms with Gasteiger partial charge in [0.1, 0.15) is 43.3 Å². The Bertz CT molecular complexity index is 5080.